The van der Waals surface area contributed by atoms with E-state index in [1.54, 1.807) is 31.4 Å². The Kier molecular flexibility index (Phi) is 10.9. The first-order valence-electron chi connectivity index (χ1n) is 17.1. The van der Waals surface area contributed by atoms with E-state index in [2.05, 4.69) is 22.1 Å². The second-order valence-corrected chi connectivity index (χ2v) is 13.4. The maximum absolute atomic E-state index is 14.2. The molecule has 0 unspecified atom stereocenters. The molecule has 0 saturated carbocycles. The number of esters is 2. The average molecular weight is 723 g/mol. The first-order valence-corrected chi connectivity index (χ1v) is 17.1. The molecule has 3 aliphatic heterocycles. The Morgan fingerprint density at radius 1 is 1.16 bits per heavy atom. The molecule has 1 amide bonds. The van der Waals surface area contributed by atoms with Crippen molar-refractivity contribution in [3.8, 4) is 11.4 Å². The SMILES string of the molecule is CCCCCN1C=Nc2cccc3nc4c(c1c23)Cn1c-4cc2c(c1=O)COC(=O)[C@@]2(CC)OC(=O)CC[C@@H](NC(=O)[C@@H](N)C(C)C)C(=O)O.Cl. The van der Waals surface area contributed by atoms with E-state index in [9.17, 15) is 29.1 Å². The number of ether oxygens (including phenoxy) is 2. The first kappa shape index (κ1) is 37.4. The van der Waals surface area contributed by atoms with Crippen LogP contribution in [0.25, 0.3) is 22.3 Å². The number of nitrogens with zero attached hydrogens (tertiary/aromatic N) is 4. The number of nitrogens with one attached hydrogen (secondary N) is 1. The molecule has 51 heavy (non-hydrogen) atoms. The molecule has 5 heterocycles. The number of benzene rings is 1. The Balaban J connectivity index is 0.00000504. The minimum Gasteiger partial charge on any atom is -0.480 e. The molecule has 0 spiro atoms. The number of hydrogen-bond donors (Lipinski definition) is 3. The number of unbranched alkanes of at least 4 members (excludes halogenated alkanes) is 2. The number of amides is 1. The summed E-state index contributed by atoms with van der Waals surface area (Å²) in [4.78, 5) is 77.2. The van der Waals surface area contributed by atoms with Crippen LogP contribution in [-0.4, -0.2) is 63.4 Å². The van der Waals surface area contributed by atoms with Crippen molar-refractivity contribution in [2.45, 2.75) is 97.1 Å². The predicted molar refractivity (Wildman–Crippen MR) is 192 cm³/mol. The highest BCUT2D eigenvalue weighted by Crippen LogP contribution is 2.47. The van der Waals surface area contributed by atoms with Crippen LogP contribution in [0.2, 0.25) is 0 Å². The number of carboxylic acid groups (broad SMARTS) is 1. The molecular weight excluding hydrogens is 680 g/mol. The largest absolute Gasteiger partial charge is 0.480 e. The highest BCUT2D eigenvalue weighted by atomic mass is 35.5. The Labute approximate surface area is 300 Å². The Bertz CT molecular complexity index is 1990. The minimum atomic E-state index is -1.96. The van der Waals surface area contributed by atoms with Crippen LogP contribution in [0.3, 0.4) is 0 Å². The van der Waals surface area contributed by atoms with Gasteiger partial charge in [0.1, 0.15) is 12.6 Å². The van der Waals surface area contributed by atoms with E-state index in [1.807, 2.05) is 24.5 Å². The van der Waals surface area contributed by atoms with E-state index < -0.39 is 47.9 Å². The van der Waals surface area contributed by atoms with Crippen LogP contribution >= 0.6 is 12.4 Å². The van der Waals surface area contributed by atoms with Crippen LogP contribution in [0.1, 0.15) is 82.9 Å². The van der Waals surface area contributed by atoms with Crippen LogP contribution in [0.4, 0.5) is 11.4 Å². The molecule has 6 rings (SSSR count). The quantitative estimate of drug-likeness (QED) is 0.133. The van der Waals surface area contributed by atoms with E-state index >= 15 is 0 Å². The van der Waals surface area contributed by atoms with Crippen molar-refractivity contribution in [3.63, 3.8) is 0 Å². The number of nitrogens with two attached hydrogens (primary N) is 1. The fraction of sp³-hybridized carbons (Fsp3) is 0.472. The minimum absolute atomic E-state index is 0. The number of aliphatic imine (C=N–C) groups is 1. The van der Waals surface area contributed by atoms with Gasteiger partial charge in [0.25, 0.3) is 5.56 Å². The van der Waals surface area contributed by atoms with E-state index in [4.69, 9.17) is 20.2 Å². The second kappa shape index (κ2) is 14.8. The lowest BCUT2D eigenvalue weighted by Crippen LogP contribution is -2.50. The van der Waals surface area contributed by atoms with Crippen molar-refractivity contribution >= 4 is 64.8 Å². The van der Waals surface area contributed by atoms with Crippen molar-refractivity contribution in [3.05, 3.63) is 51.3 Å². The number of pyridine rings is 2. The topological polar surface area (TPSA) is 196 Å². The zero-order valence-electron chi connectivity index (χ0n) is 29.1. The van der Waals surface area contributed by atoms with Crippen molar-refractivity contribution in [2.75, 3.05) is 11.4 Å². The number of anilines is 1. The third kappa shape index (κ3) is 6.58. The summed E-state index contributed by atoms with van der Waals surface area (Å²) in [6.07, 6.45) is 4.09. The molecule has 0 saturated heterocycles. The summed E-state index contributed by atoms with van der Waals surface area (Å²) in [7, 11) is 0. The summed E-state index contributed by atoms with van der Waals surface area (Å²) >= 11 is 0. The van der Waals surface area contributed by atoms with E-state index in [-0.39, 0.29) is 61.0 Å². The fourth-order valence-electron chi connectivity index (χ4n) is 6.90. The van der Waals surface area contributed by atoms with Crippen molar-refractivity contribution in [1.82, 2.24) is 14.9 Å². The number of halogens is 1. The molecule has 4 N–H and O–H groups in total. The number of aliphatic carboxylic acids is 1. The monoisotopic (exact) mass is 722 g/mol. The molecule has 3 aliphatic rings. The molecule has 15 heteroatoms. The highest BCUT2D eigenvalue weighted by Gasteiger charge is 2.50. The number of hydrogen-bond acceptors (Lipinski definition) is 11. The first-order chi connectivity index (χ1) is 23.9. The molecule has 3 aromatic rings. The van der Waals surface area contributed by atoms with Crippen LogP contribution in [-0.2, 0) is 47.4 Å². The van der Waals surface area contributed by atoms with E-state index in [0.717, 1.165) is 48.1 Å². The molecule has 3 atom stereocenters. The summed E-state index contributed by atoms with van der Waals surface area (Å²) in [5.74, 6) is -3.97. The normalized spacial score (nSPS) is 17.9. The van der Waals surface area contributed by atoms with Crippen molar-refractivity contribution in [1.29, 1.82) is 0 Å². The third-order valence-electron chi connectivity index (χ3n) is 9.82. The number of carboxylic acids is 1. The molecule has 0 fully saturated rings. The van der Waals surface area contributed by atoms with Crippen LogP contribution in [0.5, 0.6) is 0 Å². The molecular formula is C36H43ClN6O8. The number of fused-ring (bicyclic) bond motifs is 5. The number of cyclic esters (lactones) is 1. The molecule has 272 valence electrons. The Morgan fingerprint density at radius 2 is 1.92 bits per heavy atom. The maximum Gasteiger partial charge on any atom is 0.355 e. The number of aromatic nitrogens is 2. The van der Waals surface area contributed by atoms with Gasteiger partial charge in [0.15, 0.2) is 0 Å². The summed E-state index contributed by atoms with van der Waals surface area (Å²) in [5, 5.41) is 13.0. The molecule has 0 aliphatic carbocycles. The van der Waals surface area contributed by atoms with Gasteiger partial charge in [-0.25, -0.2) is 19.6 Å². The molecule has 14 nitrogen and oxygen atoms in total. The zero-order valence-corrected chi connectivity index (χ0v) is 29.9. The predicted octanol–water partition coefficient (Wildman–Crippen LogP) is 4.06. The van der Waals surface area contributed by atoms with Crippen LogP contribution < -0.4 is 21.5 Å². The van der Waals surface area contributed by atoms with Gasteiger partial charge in [-0.15, -0.1) is 12.4 Å². The smallest absolute Gasteiger partial charge is 0.355 e. The van der Waals surface area contributed by atoms with Crippen molar-refractivity contribution < 1.29 is 33.8 Å². The van der Waals surface area contributed by atoms with E-state index in [0.29, 0.717) is 16.9 Å². The van der Waals surface area contributed by atoms with Gasteiger partial charge in [0.2, 0.25) is 11.5 Å². The average Bonchev–Trinajstić information content (AvgIpc) is 3.47. The molecule has 1 aromatic carbocycles. The Morgan fingerprint density at radius 3 is 2.61 bits per heavy atom. The van der Waals surface area contributed by atoms with Gasteiger partial charge in [0, 0.05) is 24.1 Å². The third-order valence-corrected chi connectivity index (χ3v) is 9.82. The second-order valence-electron chi connectivity index (χ2n) is 13.4. The van der Waals surface area contributed by atoms with Gasteiger partial charge in [0.05, 0.1) is 58.2 Å². The number of carbonyl (C=O) groups excluding carboxylic acids is 3. The molecule has 0 radical (unpaired) electrons. The van der Waals surface area contributed by atoms with Gasteiger partial charge in [-0.2, -0.15) is 0 Å². The number of rotatable bonds is 13. The lowest BCUT2D eigenvalue weighted by Gasteiger charge is -2.35. The van der Waals surface area contributed by atoms with Gasteiger partial charge >= 0.3 is 17.9 Å². The van der Waals surface area contributed by atoms with Gasteiger partial charge < -0.3 is 35.1 Å². The zero-order chi connectivity index (χ0) is 35.9. The number of carbonyl (C=O) groups is 4. The van der Waals surface area contributed by atoms with E-state index in [1.165, 1.54) is 0 Å². The summed E-state index contributed by atoms with van der Waals surface area (Å²) in [5.41, 5.74) is 8.32. The van der Waals surface area contributed by atoms with Crippen LogP contribution in [0, 0.1) is 5.92 Å². The van der Waals surface area contributed by atoms with Gasteiger partial charge in [-0.3, -0.25) is 14.4 Å². The van der Waals surface area contributed by atoms with Gasteiger partial charge in [-0.05, 0) is 43.4 Å². The summed E-state index contributed by atoms with van der Waals surface area (Å²) < 4.78 is 12.9. The highest BCUT2D eigenvalue weighted by molar-refractivity contribution is 6.11. The maximum atomic E-state index is 14.2. The molecule has 0 bridgehead atoms. The summed E-state index contributed by atoms with van der Waals surface area (Å²) in [6.45, 7) is 7.93. The van der Waals surface area contributed by atoms with Crippen LogP contribution in [0.15, 0.2) is 34.1 Å². The molecule has 2 aromatic heterocycles. The van der Waals surface area contributed by atoms with Gasteiger partial charge in [-0.1, -0.05) is 46.6 Å². The summed E-state index contributed by atoms with van der Waals surface area (Å²) in [6, 6.07) is 5.08. The standard InChI is InChI=1S/C36H42N6O8.ClH/c1-5-7-8-14-41-18-38-23-10-9-11-24-28(23)31(41)20-16-42-26(30(20)39-24)15-22-21(33(42)45)17-49-35(48)36(22,6-2)50-27(43)13-12-25(34(46)47)40-32(44)29(37)19(3)4;/h9-11,15,18-19,25,29H,5-8,12-14,16-17,37H2,1-4H3,(H,40,44)(H,46,47);1H/t25-,29+,36+;/m1./s1. The lowest BCUT2D eigenvalue weighted by atomic mass is 9.85. The van der Waals surface area contributed by atoms with Crippen molar-refractivity contribution in [2.24, 2.45) is 16.6 Å². The Hall–Kier alpha value is -4.82. The lowest BCUT2D eigenvalue weighted by molar-refractivity contribution is -0.189. The fourth-order valence-corrected chi connectivity index (χ4v) is 6.90.